The molecule has 2 saturated heterocycles. The first-order chi connectivity index (χ1) is 9.75. The Morgan fingerprint density at radius 1 is 1.30 bits per heavy atom. The molecule has 0 aliphatic carbocycles. The fourth-order valence-electron chi connectivity index (χ4n) is 3.24. The molecule has 4 nitrogen and oxygen atoms in total. The molecule has 0 radical (unpaired) electrons. The summed E-state index contributed by atoms with van der Waals surface area (Å²) in [6, 6.07) is 9.79. The Morgan fingerprint density at radius 2 is 2.00 bits per heavy atom. The molecule has 3 rings (SSSR count). The molecule has 2 aliphatic rings. The third-order valence-corrected chi connectivity index (χ3v) is 4.95. The monoisotopic (exact) mass is 292 g/mol. The molecule has 0 bridgehead atoms. The zero-order chi connectivity index (χ0) is 14.0. The largest absolute Gasteiger partial charge is 0.379 e. The second kappa shape index (κ2) is 5.76. The van der Waals surface area contributed by atoms with E-state index in [1.807, 2.05) is 35.2 Å². The van der Waals surface area contributed by atoms with Crippen molar-refractivity contribution in [3.05, 3.63) is 35.9 Å². The van der Waals surface area contributed by atoms with Crippen LogP contribution in [0.5, 0.6) is 0 Å². The van der Waals surface area contributed by atoms with Gasteiger partial charge >= 0.3 is 0 Å². The van der Waals surface area contributed by atoms with E-state index < -0.39 is 0 Å². The normalized spacial score (nSPS) is 25.1. The maximum Gasteiger partial charge on any atom is 0.253 e. The molecule has 1 aromatic carbocycles. The van der Waals surface area contributed by atoms with Crippen molar-refractivity contribution in [1.82, 2.24) is 9.62 Å². The molecule has 20 heavy (non-hydrogen) atoms. The molecule has 5 heteroatoms. The number of hydrogen-bond donors (Lipinski definition) is 2. The molecule has 1 spiro atoms. The van der Waals surface area contributed by atoms with Crippen molar-refractivity contribution < 1.29 is 9.53 Å². The van der Waals surface area contributed by atoms with Gasteiger partial charge in [-0.25, -0.2) is 0 Å². The van der Waals surface area contributed by atoms with Crippen LogP contribution in [0.3, 0.4) is 0 Å². The van der Waals surface area contributed by atoms with Gasteiger partial charge in [0, 0.05) is 30.1 Å². The van der Waals surface area contributed by atoms with Gasteiger partial charge in [0.1, 0.15) is 0 Å². The number of nitrogens with one attached hydrogen (secondary N) is 1. The number of piperidine rings is 1. The van der Waals surface area contributed by atoms with E-state index in [1.54, 1.807) is 0 Å². The summed E-state index contributed by atoms with van der Waals surface area (Å²) in [5.74, 6) is 0.134. The van der Waals surface area contributed by atoms with Gasteiger partial charge in [0.15, 0.2) is 0 Å². The van der Waals surface area contributed by atoms with E-state index in [9.17, 15) is 4.79 Å². The Morgan fingerprint density at radius 3 is 2.65 bits per heavy atom. The number of carbonyl (C=O) groups is 1. The Bertz CT molecular complexity index is 472. The lowest BCUT2D eigenvalue weighted by Gasteiger charge is -2.41. The van der Waals surface area contributed by atoms with Gasteiger partial charge in [-0.2, -0.15) is 0 Å². The number of carbonyl (C=O) groups excluding carboxylic acids is 1. The Kier molecular flexibility index (Phi) is 4.01. The predicted molar refractivity (Wildman–Crippen MR) is 80.7 cm³/mol. The van der Waals surface area contributed by atoms with E-state index in [4.69, 9.17) is 4.74 Å². The molecule has 1 aromatic rings. The topological polar surface area (TPSA) is 41.6 Å². The second-order valence-electron chi connectivity index (χ2n) is 5.72. The van der Waals surface area contributed by atoms with Crippen molar-refractivity contribution in [3.8, 4) is 0 Å². The summed E-state index contributed by atoms with van der Waals surface area (Å²) in [5.41, 5.74) is 0.921. The number of nitrogens with zero attached hydrogens (tertiary/aromatic N) is 1. The second-order valence-corrected chi connectivity index (χ2v) is 5.98. The minimum atomic E-state index is 0.134. The molecule has 2 heterocycles. The van der Waals surface area contributed by atoms with Gasteiger partial charge in [-0.1, -0.05) is 31.0 Å². The first kappa shape index (κ1) is 13.9. The number of amides is 1. The number of likely N-dealkylation sites (tertiary alicyclic amines) is 1. The van der Waals surface area contributed by atoms with Gasteiger partial charge in [0.25, 0.3) is 5.91 Å². The van der Waals surface area contributed by atoms with Gasteiger partial charge in [-0.05, 0) is 25.0 Å². The molecule has 1 amide bonds. The average molecular weight is 292 g/mol. The maximum absolute atomic E-state index is 12.4. The van der Waals surface area contributed by atoms with Crippen LogP contribution in [0.15, 0.2) is 30.3 Å². The van der Waals surface area contributed by atoms with Crippen LogP contribution in [0.25, 0.3) is 0 Å². The third-order valence-electron chi connectivity index (χ3n) is 4.64. The van der Waals surface area contributed by atoms with Crippen LogP contribution < -0.4 is 4.72 Å². The van der Waals surface area contributed by atoms with Crippen LogP contribution in [-0.4, -0.2) is 43.2 Å². The minimum Gasteiger partial charge on any atom is -0.379 e. The van der Waals surface area contributed by atoms with Gasteiger partial charge < -0.3 is 9.64 Å². The molecule has 1 N–H and O–H groups in total. The molecule has 108 valence electrons. The standard InChI is InChI=1S/C15H20N2O2S/c18-14(12-4-2-1-3-5-12)17-8-6-15(7-9-17)11-19-10-13(15)16-20/h1-5,13,16,20H,6-11H2. The van der Waals surface area contributed by atoms with Crippen LogP contribution in [0.1, 0.15) is 23.2 Å². The quantitative estimate of drug-likeness (QED) is 0.816. The van der Waals surface area contributed by atoms with Crippen molar-refractivity contribution in [2.24, 2.45) is 5.41 Å². The summed E-state index contributed by atoms with van der Waals surface area (Å²) >= 11 is 4.21. The van der Waals surface area contributed by atoms with E-state index in [2.05, 4.69) is 17.5 Å². The number of ether oxygens (including phenoxy) is 1. The first-order valence-electron chi connectivity index (χ1n) is 7.07. The lowest BCUT2D eigenvalue weighted by Crippen LogP contribution is -2.50. The van der Waals surface area contributed by atoms with Crippen molar-refractivity contribution in [1.29, 1.82) is 0 Å². The minimum absolute atomic E-state index is 0.134. The molecular weight excluding hydrogens is 272 g/mol. The number of hydrogen-bond acceptors (Lipinski definition) is 4. The van der Waals surface area contributed by atoms with Crippen molar-refractivity contribution in [2.75, 3.05) is 26.3 Å². The highest BCUT2D eigenvalue weighted by Gasteiger charge is 2.46. The Balaban J connectivity index is 1.66. The van der Waals surface area contributed by atoms with E-state index >= 15 is 0 Å². The Labute approximate surface area is 125 Å². The molecule has 1 atom stereocenters. The summed E-state index contributed by atoms with van der Waals surface area (Å²) < 4.78 is 8.67. The third kappa shape index (κ3) is 2.45. The summed E-state index contributed by atoms with van der Waals surface area (Å²) in [5, 5.41) is 0. The molecule has 0 aromatic heterocycles. The van der Waals surface area contributed by atoms with E-state index in [0.29, 0.717) is 6.04 Å². The van der Waals surface area contributed by atoms with Crippen LogP contribution in [0, 0.1) is 5.41 Å². The number of rotatable bonds is 2. The highest BCUT2D eigenvalue weighted by Crippen LogP contribution is 2.39. The van der Waals surface area contributed by atoms with Gasteiger partial charge in [0.05, 0.1) is 13.2 Å². The number of benzene rings is 1. The van der Waals surface area contributed by atoms with Crippen LogP contribution in [-0.2, 0) is 4.74 Å². The smallest absolute Gasteiger partial charge is 0.253 e. The molecule has 0 saturated carbocycles. The fraction of sp³-hybridized carbons (Fsp3) is 0.533. The van der Waals surface area contributed by atoms with Crippen molar-refractivity contribution in [2.45, 2.75) is 18.9 Å². The maximum atomic E-state index is 12.4. The first-order valence-corrected chi connectivity index (χ1v) is 7.52. The highest BCUT2D eigenvalue weighted by atomic mass is 32.1. The van der Waals surface area contributed by atoms with E-state index in [1.165, 1.54) is 0 Å². The lowest BCUT2D eigenvalue weighted by atomic mass is 9.75. The number of thiol groups is 1. The summed E-state index contributed by atoms with van der Waals surface area (Å²) in [7, 11) is 0. The lowest BCUT2D eigenvalue weighted by molar-refractivity contribution is 0.0505. The average Bonchev–Trinajstić information content (AvgIpc) is 2.90. The van der Waals surface area contributed by atoms with E-state index in [-0.39, 0.29) is 11.3 Å². The van der Waals surface area contributed by atoms with Gasteiger partial charge in [-0.3, -0.25) is 9.52 Å². The molecule has 2 fully saturated rings. The SMILES string of the molecule is O=C(c1ccccc1)N1CCC2(CC1)COCC2NS. The van der Waals surface area contributed by atoms with Crippen molar-refractivity contribution in [3.63, 3.8) is 0 Å². The molecule has 2 aliphatic heterocycles. The highest BCUT2D eigenvalue weighted by molar-refractivity contribution is 7.78. The van der Waals surface area contributed by atoms with Gasteiger partial charge in [-0.15, -0.1) is 0 Å². The van der Waals surface area contributed by atoms with Crippen LogP contribution >= 0.6 is 12.8 Å². The zero-order valence-electron chi connectivity index (χ0n) is 11.4. The van der Waals surface area contributed by atoms with Crippen LogP contribution in [0.2, 0.25) is 0 Å². The summed E-state index contributed by atoms with van der Waals surface area (Å²) in [6.45, 7) is 3.08. The molecular formula is C15H20N2O2S. The summed E-state index contributed by atoms with van der Waals surface area (Å²) in [6.07, 6.45) is 1.95. The van der Waals surface area contributed by atoms with Gasteiger partial charge in [0.2, 0.25) is 0 Å². The zero-order valence-corrected chi connectivity index (χ0v) is 12.3. The Hall–Kier alpha value is -1.04. The summed E-state index contributed by atoms with van der Waals surface area (Å²) in [4.78, 5) is 14.4. The predicted octanol–water partition coefficient (Wildman–Crippen LogP) is 1.74. The van der Waals surface area contributed by atoms with Crippen LogP contribution in [0.4, 0.5) is 0 Å². The van der Waals surface area contributed by atoms with E-state index in [0.717, 1.165) is 44.7 Å². The van der Waals surface area contributed by atoms with Crippen molar-refractivity contribution >= 4 is 18.7 Å². The molecule has 1 unspecified atom stereocenters. The fourth-order valence-corrected chi connectivity index (χ4v) is 3.59.